The molecule has 1 aliphatic heterocycles. The number of imidazole rings is 1. The van der Waals surface area contributed by atoms with Crippen LogP contribution < -0.4 is 0 Å². The van der Waals surface area contributed by atoms with E-state index in [4.69, 9.17) is 11.6 Å². The Balaban J connectivity index is 1.81. The smallest absolute Gasteiger partial charge is 0.274 e. The summed E-state index contributed by atoms with van der Waals surface area (Å²) in [6.07, 6.45) is 9.01. The Morgan fingerprint density at radius 3 is 2.96 bits per heavy atom. The molecule has 1 saturated heterocycles. The van der Waals surface area contributed by atoms with Gasteiger partial charge in [0.05, 0.1) is 23.6 Å². The number of hydrogen-bond donors (Lipinski definition) is 0. The third kappa shape index (κ3) is 3.37. The summed E-state index contributed by atoms with van der Waals surface area (Å²) in [5, 5.41) is 0.309. The van der Waals surface area contributed by atoms with Crippen molar-refractivity contribution < 1.29 is 4.79 Å². The predicted octanol–water partition coefficient (Wildman–Crippen LogP) is 2.93. The van der Waals surface area contributed by atoms with Crippen LogP contribution in [0.1, 0.15) is 55.0 Å². The SMILES string of the molecule is CC(C)c1ncc(Cl)c(C(=O)N2CCCC(n3ccnc3)C2)n1. The normalized spacial score (nSPS) is 18.4. The van der Waals surface area contributed by atoms with Crippen molar-refractivity contribution in [2.24, 2.45) is 0 Å². The van der Waals surface area contributed by atoms with Crippen LogP contribution in [0.3, 0.4) is 0 Å². The summed E-state index contributed by atoms with van der Waals surface area (Å²) in [6.45, 7) is 5.36. The molecule has 1 fully saturated rings. The molecule has 1 aliphatic rings. The largest absolute Gasteiger partial charge is 0.335 e. The van der Waals surface area contributed by atoms with Gasteiger partial charge in [0.1, 0.15) is 5.82 Å². The first-order chi connectivity index (χ1) is 11.1. The highest BCUT2D eigenvalue weighted by Gasteiger charge is 2.27. The molecular formula is C16H20ClN5O. The Bertz CT molecular complexity index is 686. The number of likely N-dealkylation sites (tertiary alicyclic amines) is 1. The summed E-state index contributed by atoms with van der Waals surface area (Å²) in [7, 11) is 0. The zero-order valence-electron chi connectivity index (χ0n) is 13.3. The lowest BCUT2D eigenvalue weighted by Gasteiger charge is -2.33. The molecule has 3 heterocycles. The topological polar surface area (TPSA) is 63.9 Å². The second-order valence-corrected chi connectivity index (χ2v) is 6.54. The number of aromatic nitrogens is 4. The summed E-state index contributed by atoms with van der Waals surface area (Å²) in [5.41, 5.74) is 0.302. The van der Waals surface area contributed by atoms with Crippen LogP contribution in [0.15, 0.2) is 24.9 Å². The van der Waals surface area contributed by atoms with Crippen molar-refractivity contribution in [1.29, 1.82) is 0 Å². The Hall–Kier alpha value is -1.95. The van der Waals surface area contributed by atoms with Gasteiger partial charge >= 0.3 is 0 Å². The first-order valence-corrected chi connectivity index (χ1v) is 8.23. The van der Waals surface area contributed by atoms with Gasteiger partial charge in [0.2, 0.25) is 0 Å². The van der Waals surface area contributed by atoms with Gasteiger partial charge in [0.25, 0.3) is 5.91 Å². The number of piperidine rings is 1. The van der Waals surface area contributed by atoms with Crippen molar-refractivity contribution in [3.05, 3.63) is 41.5 Å². The Kier molecular flexibility index (Phi) is 4.61. The molecule has 0 aromatic carbocycles. The molecule has 3 rings (SSSR count). The van der Waals surface area contributed by atoms with Crippen molar-refractivity contribution >= 4 is 17.5 Å². The number of hydrogen-bond acceptors (Lipinski definition) is 4. The lowest BCUT2D eigenvalue weighted by atomic mass is 10.1. The molecule has 0 bridgehead atoms. The molecule has 122 valence electrons. The molecule has 2 aromatic heterocycles. The Morgan fingerprint density at radius 1 is 1.43 bits per heavy atom. The number of carbonyl (C=O) groups is 1. The Labute approximate surface area is 140 Å². The molecule has 2 aromatic rings. The average molecular weight is 334 g/mol. The van der Waals surface area contributed by atoms with Gasteiger partial charge in [-0.15, -0.1) is 0 Å². The summed E-state index contributed by atoms with van der Waals surface area (Å²) in [4.78, 5) is 27.3. The molecule has 0 aliphatic carbocycles. The first kappa shape index (κ1) is 15.9. The van der Waals surface area contributed by atoms with Gasteiger partial charge in [0.15, 0.2) is 5.69 Å². The van der Waals surface area contributed by atoms with E-state index in [1.54, 1.807) is 12.5 Å². The number of rotatable bonds is 3. The quantitative estimate of drug-likeness (QED) is 0.866. The van der Waals surface area contributed by atoms with Crippen molar-refractivity contribution in [3.63, 3.8) is 0 Å². The molecule has 0 N–H and O–H groups in total. The van der Waals surface area contributed by atoms with Crippen molar-refractivity contribution in [1.82, 2.24) is 24.4 Å². The average Bonchev–Trinajstić information content (AvgIpc) is 3.09. The standard InChI is InChI=1S/C16H20ClN5O/c1-11(2)15-19-8-13(17)14(20-15)16(23)21-6-3-4-12(9-21)22-7-5-18-10-22/h5,7-8,10-12H,3-4,6,9H2,1-2H3. The van der Waals surface area contributed by atoms with E-state index < -0.39 is 0 Å². The minimum absolute atomic E-state index is 0.121. The monoisotopic (exact) mass is 333 g/mol. The van der Waals surface area contributed by atoms with E-state index in [0.29, 0.717) is 23.1 Å². The first-order valence-electron chi connectivity index (χ1n) is 7.85. The Morgan fingerprint density at radius 2 is 2.26 bits per heavy atom. The molecule has 6 nitrogen and oxygen atoms in total. The molecule has 0 spiro atoms. The van der Waals surface area contributed by atoms with Crippen molar-refractivity contribution in [3.8, 4) is 0 Å². The van der Waals surface area contributed by atoms with Gasteiger partial charge in [-0.3, -0.25) is 4.79 Å². The minimum atomic E-state index is -0.121. The molecule has 0 radical (unpaired) electrons. The number of nitrogens with zero attached hydrogens (tertiary/aromatic N) is 5. The fourth-order valence-electron chi connectivity index (χ4n) is 2.83. The summed E-state index contributed by atoms with van der Waals surface area (Å²) >= 11 is 6.16. The molecule has 1 amide bonds. The minimum Gasteiger partial charge on any atom is -0.335 e. The van der Waals surface area contributed by atoms with Gasteiger partial charge in [-0.2, -0.15) is 0 Å². The van der Waals surface area contributed by atoms with Crippen molar-refractivity contribution in [2.45, 2.75) is 38.6 Å². The van der Waals surface area contributed by atoms with E-state index in [0.717, 1.165) is 19.4 Å². The van der Waals surface area contributed by atoms with E-state index in [9.17, 15) is 4.79 Å². The maximum absolute atomic E-state index is 12.8. The number of carbonyl (C=O) groups excluding carboxylic acids is 1. The zero-order valence-corrected chi connectivity index (χ0v) is 14.1. The van der Waals surface area contributed by atoms with Gasteiger partial charge in [-0.1, -0.05) is 25.4 Å². The van der Waals surface area contributed by atoms with Crippen LogP contribution in [0.25, 0.3) is 0 Å². The third-order valence-electron chi connectivity index (χ3n) is 4.11. The molecule has 7 heteroatoms. The van der Waals surface area contributed by atoms with Gasteiger partial charge < -0.3 is 9.47 Å². The van der Waals surface area contributed by atoms with Crippen LogP contribution in [0.4, 0.5) is 0 Å². The molecule has 23 heavy (non-hydrogen) atoms. The maximum atomic E-state index is 12.8. The van der Waals surface area contributed by atoms with E-state index in [1.165, 1.54) is 6.20 Å². The highest BCUT2D eigenvalue weighted by atomic mass is 35.5. The predicted molar refractivity (Wildman–Crippen MR) is 87.5 cm³/mol. The fraction of sp³-hybridized carbons (Fsp3) is 0.500. The summed E-state index contributed by atoms with van der Waals surface area (Å²) in [6, 6.07) is 0.250. The lowest BCUT2D eigenvalue weighted by Crippen LogP contribution is -2.41. The fourth-order valence-corrected chi connectivity index (χ4v) is 3.00. The summed E-state index contributed by atoms with van der Waals surface area (Å²) < 4.78 is 2.06. The van der Waals surface area contributed by atoms with Crippen LogP contribution in [0.2, 0.25) is 5.02 Å². The number of amides is 1. The van der Waals surface area contributed by atoms with E-state index in [2.05, 4.69) is 19.5 Å². The zero-order chi connectivity index (χ0) is 16.4. The maximum Gasteiger partial charge on any atom is 0.274 e. The van der Waals surface area contributed by atoms with E-state index >= 15 is 0 Å². The highest BCUT2D eigenvalue weighted by molar-refractivity contribution is 6.33. The molecule has 0 saturated carbocycles. The number of halogens is 1. The molecule has 1 unspecified atom stereocenters. The second kappa shape index (κ2) is 6.66. The van der Waals surface area contributed by atoms with Crippen molar-refractivity contribution in [2.75, 3.05) is 13.1 Å². The van der Waals surface area contributed by atoms with Crippen LogP contribution in [-0.4, -0.2) is 43.4 Å². The molecule has 1 atom stereocenters. The van der Waals surface area contributed by atoms with E-state index in [1.807, 2.05) is 24.9 Å². The lowest BCUT2D eigenvalue weighted by molar-refractivity contribution is 0.0673. The van der Waals surface area contributed by atoms with Crippen LogP contribution in [0, 0.1) is 0 Å². The van der Waals surface area contributed by atoms with Crippen LogP contribution >= 0.6 is 11.6 Å². The van der Waals surface area contributed by atoms with Crippen LogP contribution in [0.5, 0.6) is 0 Å². The third-order valence-corrected chi connectivity index (χ3v) is 4.39. The van der Waals surface area contributed by atoms with Gasteiger partial charge in [0, 0.05) is 31.4 Å². The highest BCUT2D eigenvalue weighted by Crippen LogP contribution is 2.24. The molecular weight excluding hydrogens is 314 g/mol. The van der Waals surface area contributed by atoms with Crippen LogP contribution in [-0.2, 0) is 0 Å². The van der Waals surface area contributed by atoms with E-state index in [-0.39, 0.29) is 17.9 Å². The summed E-state index contributed by atoms with van der Waals surface area (Å²) in [5.74, 6) is 0.670. The van der Waals surface area contributed by atoms with Gasteiger partial charge in [-0.05, 0) is 12.8 Å². The second-order valence-electron chi connectivity index (χ2n) is 6.14. The van der Waals surface area contributed by atoms with Gasteiger partial charge in [-0.25, -0.2) is 15.0 Å².